The summed E-state index contributed by atoms with van der Waals surface area (Å²) in [6.07, 6.45) is 1.39. The van der Waals surface area contributed by atoms with Gasteiger partial charge in [0.15, 0.2) is 0 Å². The average molecular weight is 303 g/mol. The summed E-state index contributed by atoms with van der Waals surface area (Å²) in [7, 11) is 0. The number of fused-ring (bicyclic) bond motifs is 1. The highest BCUT2D eigenvalue weighted by Gasteiger charge is 2.39. The average Bonchev–Trinajstić information content (AvgIpc) is 2.71. The minimum absolute atomic E-state index is 0.00110. The van der Waals surface area contributed by atoms with Crippen LogP contribution in [0.4, 0.5) is 5.69 Å². The van der Waals surface area contributed by atoms with Crippen molar-refractivity contribution in [2.45, 2.75) is 0 Å². The maximum absolute atomic E-state index is 12.3. The molecule has 6 nitrogen and oxygen atoms in total. The predicted octanol–water partition coefficient (Wildman–Crippen LogP) is 2.23. The number of rotatable bonds is 2. The summed E-state index contributed by atoms with van der Waals surface area (Å²) in [4.78, 5) is 40.5. The van der Waals surface area contributed by atoms with Crippen LogP contribution in [0.3, 0.4) is 0 Å². The number of pyridine rings is 1. The summed E-state index contributed by atoms with van der Waals surface area (Å²) in [5, 5.41) is 9.42. The zero-order valence-electron chi connectivity index (χ0n) is 10.4. The zero-order chi connectivity index (χ0) is 15.1. The number of carboxylic acids is 1. The first kappa shape index (κ1) is 13.3. The number of hydrogen-bond donors (Lipinski definition) is 1. The number of aromatic nitrogens is 1. The molecule has 0 unspecified atom stereocenters. The number of carbonyl (C=O) groups excluding carboxylic acids is 2. The molecule has 1 N–H and O–H groups in total. The number of nitrogens with zero attached hydrogens (tertiary/aromatic N) is 2. The molecule has 2 aromatic rings. The quantitative estimate of drug-likeness (QED) is 0.860. The van der Waals surface area contributed by atoms with Crippen LogP contribution < -0.4 is 4.90 Å². The molecule has 0 radical (unpaired) electrons. The van der Waals surface area contributed by atoms with Gasteiger partial charge in [0.25, 0.3) is 11.8 Å². The maximum atomic E-state index is 12.3. The standard InChI is InChI=1S/C14H7ClN2O4/c15-7-3-4-8(14(20)21)10(6-7)17-12(18)9-2-1-5-16-11(9)13(17)19/h1-6H,(H,20,21). The summed E-state index contributed by atoms with van der Waals surface area (Å²) in [6.45, 7) is 0. The van der Waals surface area contributed by atoms with Crippen LogP contribution in [0, 0.1) is 0 Å². The first-order valence-electron chi connectivity index (χ1n) is 5.87. The molecule has 1 aromatic heterocycles. The summed E-state index contributed by atoms with van der Waals surface area (Å²) >= 11 is 5.85. The van der Waals surface area contributed by atoms with Crippen molar-refractivity contribution in [3.63, 3.8) is 0 Å². The molecule has 0 saturated heterocycles. The SMILES string of the molecule is O=C(O)c1ccc(Cl)cc1N1C(=O)c2cccnc2C1=O. The highest BCUT2D eigenvalue weighted by molar-refractivity contribution is 6.36. The molecule has 1 aliphatic heterocycles. The smallest absolute Gasteiger partial charge is 0.337 e. The summed E-state index contributed by atoms with van der Waals surface area (Å²) in [5.41, 5.74) is -0.116. The van der Waals surface area contributed by atoms with E-state index in [1.54, 1.807) is 0 Å². The van der Waals surface area contributed by atoms with Gasteiger partial charge in [0.1, 0.15) is 5.69 Å². The van der Waals surface area contributed by atoms with E-state index in [0.29, 0.717) is 0 Å². The molecular formula is C14H7ClN2O4. The monoisotopic (exact) mass is 302 g/mol. The minimum atomic E-state index is -1.26. The molecule has 0 spiro atoms. The molecule has 104 valence electrons. The van der Waals surface area contributed by atoms with Crippen LogP contribution in [-0.4, -0.2) is 27.9 Å². The van der Waals surface area contributed by atoms with Crippen LogP contribution in [0.1, 0.15) is 31.2 Å². The van der Waals surface area contributed by atoms with Gasteiger partial charge in [-0.15, -0.1) is 0 Å². The lowest BCUT2D eigenvalue weighted by molar-refractivity contribution is 0.0698. The van der Waals surface area contributed by atoms with Gasteiger partial charge >= 0.3 is 5.97 Å². The number of aromatic carboxylic acids is 1. The number of halogens is 1. The second-order valence-electron chi connectivity index (χ2n) is 4.31. The van der Waals surface area contributed by atoms with Gasteiger partial charge in [0, 0.05) is 11.2 Å². The first-order valence-corrected chi connectivity index (χ1v) is 6.25. The molecule has 7 heteroatoms. The zero-order valence-corrected chi connectivity index (χ0v) is 11.2. The molecule has 2 heterocycles. The molecule has 21 heavy (non-hydrogen) atoms. The van der Waals surface area contributed by atoms with Crippen LogP contribution in [0.2, 0.25) is 5.02 Å². The first-order chi connectivity index (χ1) is 10.0. The predicted molar refractivity (Wildman–Crippen MR) is 73.8 cm³/mol. The fourth-order valence-corrected chi connectivity index (χ4v) is 2.32. The Labute approximate surface area is 123 Å². The Bertz CT molecular complexity index is 768. The number of benzene rings is 1. The van der Waals surface area contributed by atoms with E-state index < -0.39 is 17.8 Å². The number of carbonyl (C=O) groups is 3. The largest absolute Gasteiger partial charge is 0.478 e. The number of amides is 2. The van der Waals surface area contributed by atoms with Crippen molar-refractivity contribution in [3.05, 3.63) is 58.4 Å². The van der Waals surface area contributed by atoms with Crippen LogP contribution in [0.5, 0.6) is 0 Å². The molecule has 0 atom stereocenters. The second-order valence-corrected chi connectivity index (χ2v) is 4.75. The van der Waals surface area contributed by atoms with Gasteiger partial charge in [-0.25, -0.2) is 9.69 Å². The number of anilines is 1. The van der Waals surface area contributed by atoms with Crippen LogP contribution in [0.15, 0.2) is 36.5 Å². The molecule has 0 fully saturated rings. The van der Waals surface area contributed by atoms with Crippen LogP contribution in [-0.2, 0) is 0 Å². The Morgan fingerprint density at radius 2 is 1.95 bits per heavy atom. The van der Waals surface area contributed by atoms with E-state index in [1.165, 1.54) is 36.5 Å². The van der Waals surface area contributed by atoms with Crippen molar-refractivity contribution in [1.82, 2.24) is 4.98 Å². The maximum Gasteiger partial charge on any atom is 0.337 e. The topological polar surface area (TPSA) is 87.6 Å². The van der Waals surface area contributed by atoms with Crippen molar-refractivity contribution < 1.29 is 19.5 Å². The van der Waals surface area contributed by atoms with Gasteiger partial charge in [-0.2, -0.15) is 0 Å². The summed E-state index contributed by atoms with van der Waals surface area (Å²) in [6, 6.07) is 6.89. The Hall–Kier alpha value is -2.73. The third-order valence-corrected chi connectivity index (χ3v) is 3.31. The normalized spacial score (nSPS) is 13.5. The van der Waals surface area contributed by atoms with E-state index in [2.05, 4.69) is 4.98 Å². The van der Waals surface area contributed by atoms with Gasteiger partial charge < -0.3 is 5.11 Å². The third kappa shape index (κ3) is 1.96. The highest BCUT2D eigenvalue weighted by Crippen LogP contribution is 2.31. The van der Waals surface area contributed by atoms with E-state index in [1.807, 2.05) is 0 Å². The van der Waals surface area contributed by atoms with Gasteiger partial charge in [-0.3, -0.25) is 14.6 Å². The second kappa shape index (κ2) is 4.68. The molecule has 0 aliphatic carbocycles. The summed E-state index contributed by atoms with van der Waals surface area (Å²) in [5.74, 6) is -2.54. The fraction of sp³-hybridized carbons (Fsp3) is 0. The van der Waals surface area contributed by atoms with E-state index in [0.717, 1.165) is 4.90 Å². The van der Waals surface area contributed by atoms with E-state index in [4.69, 9.17) is 11.6 Å². The van der Waals surface area contributed by atoms with Gasteiger partial charge in [0.05, 0.1) is 16.8 Å². The number of imide groups is 1. The lowest BCUT2D eigenvalue weighted by Gasteiger charge is -2.16. The van der Waals surface area contributed by atoms with Crippen molar-refractivity contribution in [1.29, 1.82) is 0 Å². The lowest BCUT2D eigenvalue weighted by atomic mass is 10.1. The van der Waals surface area contributed by atoms with E-state index >= 15 is 0 Å². The lowest BCUT2D eigenvalue weighted by Crippen LogP contribution is -2.31. The highest BCUT2D eigenvalue weighted by atomic mass is 35.5. The molecule has 0 saturated carbocycles. The Morgan fingerprint density at radius 3 is 2.62 bits per heavy atom. The number of carboxylic acid groups (broad SMARTS) is 1. The Morgan fingerprint density at radius 1 is 1.19 bits per heavy atom. The Balaban J connectivity index is 2.20. The molecular weight excluding hydrogens is 296 g/mol. The molecule has 0 bridgehead atoms. The van der Waals surface area contributed by atoms with Crippen molar-refractivity contribution in [3.8, 4) is 0 Å². The van der Waals surface area contributed by atoms with Gasteiger partial charge in [-0.1, -0.05) is 11.6 Å². The van der Waals surface area contributed by atoms with Crippen LogP contribution >= 0.6 is 11.6 Å². The summed E-state index contributed by atoms with van der Waals surface area (Å²) < 4.78 is 0. The van der Waals surface area contributed by atoms with E-state index in [-0.39, 0.29) is 27.5 Å². The molecule has 1 aromatic carbocycles. The van der Waals surface area contributed by atoms with E-state index in [9.17, 15) is 19.5 Å². The van der Waals surface area contributed by atoms with Gasteiger partial charge in [-0.05, 0) is 30.3 Å². The molecule has 1 aliphatic rings. The van der Waals surface area contributed by atoms with Crippen molar-refractivity contribution in [2.75, 3.05) is 4.90 Å². The number of hydrogen-bond acceptors (Lipinski definition) is 4. The molecule has 2 amide bonds. The van der Waals surface area contributed by atoms with Crippen molar-refractivity contribution >= 4 is 35.1 Å². The fourth-order valence-electron chi connectivity index (χ4n) is 2.16. The third-order valence-electron chi connectivity index (χ3n) is 3.08. The molecule has 3 rings (SSSR count). The minimum Gasteiger partial charge on any atom is -0.478 e. The van der Waals surface area contributed by atoms with Crippen molar-refractivity contribution in [2.24, 2.45) is 0 Å². The van der Waals surface area contributed by atoms with Gasteiger partial charge in [0.2, 0.25) is 0 Å². The van der Waals surface area contributed by atoms with Crippen LogP contribution in [0.25, 0.3) is 0 Å². The Kier molecular flexibility index (Phi) is 2.95.